The normalized spacial score (nSPS) is 12.1. The lowest BCUT2D eigenvalue weighted by Crippen LogP contribution is -2.39. The fourth-order valence-corrected chi connectivity index (χ4v) is 11.0. The van der Waals surface area contributed by atoms with Gasteiger partial charge in [-0.25, -0.2) is 0 Å². The summed E-state index contributed by atoms with van der Waals surface area (Å²) in [4.78, 5) is 83.6. The summed E-state index contributed by atoms with van der Waals surface area (Å²) < 4.78 is 0.942. The molecule has 0 aliphatic rings. The van der Waals surface area contributed by atoms with Crippen molar-refractivity contribution in [3.63, 3.8) is 0 Å². The zero-order valence-electron chi connectivity index (χ0n) is 31.9. The number of anilines is 2. The number of benzene rings is 2. The summed E-state index contributed by atoms with van der Waals surface area (Å²) in [5.41, 5.74) is 0.842. The van der Waals surface area contributed by atoms with Crippen molar-refractivity contribution in [2.75, 3.05) is 90.5 Å². The molecular weight excluding hydrogens is 1220 g/mol. The SMILES string of the molecule is Cc1c(NC(=O)CO)c(I)c(C(=O)NCCCN(CCO)C(=O)c2c(C)c(NC(=O)CO)c(I)c(C(=O)N(C)CC(O)CO)c2I)c(I)c1C(=O)N(C)CC(O)CO. The maximum atomic E-state index is 14.3. The fourth-order valence-electron chi connectivity index (χ4n) is 5.60. The van der Waals surface area contributed by atoms with Crippen LogP contribution >= 0.6 is 90.4 Å². The van der Waals surface area contributed by atoms with Crippen LogP contribution in [-0.2, 0) is 9.59 Å². The Kier molecular flexibility index (Phi) is 21.9. The van der Waals surface area contributed by atoms with E-state index in [-0.39, 0.29) is 92.6 Å². The number of hydrogen-bond acceptors (Lipinski definition) is 13. The predicted molar refractivity (Wildman–Crippen MR) is 245 cm³/mol. The third-order valence-corrected chi connectivity index (χ3v) is 12.9. The van der Waals surface area contributed by atoms with Crippen LogP contribution in [0.2, 0.25) is 0 Å². The van der Waals surface area contributed by atoms with Crippen LogP contribution in [0.1, 0.15) is 59.0 Å². The van der Waals surface area contributed by atoms with Crippen molar-refractivity contribution in [2.24, 2.45) is 0 Å². The molecule has 2 atom stereocenters. The summed E-state index contributed by atoms with van der Waals surface area (Å²) in [5, 5.41) is 75.1. The molecule has 58 heavy (non-hydrogen) atoms. The number of carbonyl (C=O) groups excluding carboxylic acids is 6. The smallest absolute Gasteiger partial charge is 0.255 e. The summed E-state index contributed by atoms with van der Waals surface area (Å²) in [5.74, 6) is -4.13. The van der Waals surface area contributed by atoms with Crippen molar-refractivity contribution in [1.82, 2.24) is 20.0 Å². The van der Waals surface area contributed by atoms with E-state index in [0.717, 1.165) is 9.80 Å². The molecule has 19 nitrogen and oxygen atoms in total. The zero-order chi connectivity index (χ0) is 44.2. The van der Waals surface area contributed by atoms with E-state index in [9.17, 15) is 64.5 Å². The molecule has 0 saturated carbocycles. The van der Waals surface area contributed by atoms with Gasteiger partial charge in [0.1, 0.15) is 13.2 Å². The highest BCUT2D eigenvalue weighted by molar-refractivity contribution is 14.1. The number of amides is 6. The molecule has 6 amide bonds. The molecule has 2 rings (SSSR count). The van der Waals surface area contributed by atoms with Gasteiger partial charge in [0.05, 0.1) is 72.8 Å². The molecule has 0 aliphatic heterocycles. The summed E-state index contributed by atoms with van der Waals surface area (Å²) in [6.45, 7) is -1.03. The van der Waals surface area contributed by atoms with Crippen molar-refractivity contribution in [2.45, 2.75) is 32.5 Å². The van der Waals surface area contributed by atoms with E-state index in [0.29, 0.717) is 5.56 Å². The largest absolute Gasteiger partial charge is 0.395 e. The second kappa shape index (κ2) is 24.4. The van der Waals surface area contributed by atoms with Crippen LogP contribution in [0.5, 0.6) is 0 Å². The molecule has 0 saturated heterocycles. The highest BCUT2D eigenvalue weighted by Gasteiger charge is 2.32. The van der Waals surface area contributed by atoms with Gasteiger partial charge in [-0.15, -0.1) is 0 Å². The Balaban J connectivity index is 2.52. The van der Waals surface area contributed by atoms with E-state index in [4.69, 9.17) is 0 Å². The van der Waals surface area contributed by atoms with Gasteiger partial charge in [-0.3, -0.25) is 28.8 Å². The number of rotatable bonds is 20. The van der Waals surface area contributed by atoms with Gasteiger partial charge in [0, 0.05) is 54.0 Å². The van der Waals surface area contributed by atoms with Crippen LogP contribution < -0.4 is 16.0 Å². The Morgan fingerprint density at radius 3 is 1.45 bits per heavy atom. The summed E-state index contributed by atoms with van der Waals surface area (Å²) in [6, 6.07) is 0. The van der Waals surface area contributed by atoms with Gasteiger partial charge in [-0.05, 0) is 122 Å². The molecule has 322 valence electrons. The Hall–Kier alpha value is -2.10. The standard InChI is InChI=1S/C35H46I4N6O13/c1-16-22(33(56)43(3)10-18(51)12-47)26(36)24(28(38)30(16)41-20(53)14-49)32(55)40-6-5-7-45(8-9-46)35(58)23-17(2)31(42-21(54)15-50)29(39)25(27(23)37)34(57)44(4)11-19(52)13-48/h18-19,46-52H,5-15H2,1-4H3,(H,40,55)(H,41,53)(H,42,54). The topological polar surface area (TPSA) is 290 Å². The van der Waals surface area contributed by atoms with E-state index in [1.165, 1.54) is 19.0 Å². The Morgan fingerprint density at radius 2 is 1.02 bits per heavy atom. The second-order valence-electron chi connectivity index (χ2n) is 12.8. The first-order valence-corrected chi connectivity index (χ1v) is 21.7. The first-order chi connectivity index (χ1) is 27.2. The number of aliphatic hydroxyl groups excluding tert-OH is 7. The number of hydrogen-bond donors (Lipinski definition) is 10. The van der Waals surface area contributed by atoms with Crippen molar-refractivity contribution in [1.29, 1.82) is 0 Å². The molecule has 0 heterocycles. The summed E-state index contributed by atoms with van der Waals surface area (Å²) in [6.07, 6.45) is -2.35. The lowest BCUT2D eigenvalue weighted by Gasteiger charge is -2.27. The minimum Gasteiger partial charge on any atom is -0.395 e. The number of likely N-dealkylation sites (N-methyl/N-ethyl adjacent to an activating group) is 2. The van der Waals surface area contributed by atoms with Gasteiger partial charge in [0.25, 0.3) is 23.6 Å². The second-order valence-corrected chi connectivity index (χ2v) is 17.2. The number of nitrogens with one attached hydrogen (secondary N) is 3. The van der Waals surface area contributed by atoms with E-state index in [2.05, 4.69) is 16.0 Å². The fraction of sp³-hybridized carbons (Fsp3) is 0.486. The molecule has 0 aliphatic carbocycles. The van der Waals surface area contributed by atoms with Crippen LogP contribution in [0.15, 0.2) is 0 Å². The minimum absolute atomic E-state index is 0.0118. The number of halogens is 4. The molecule has 0 radical (unpaired) electrons. The van der Waals surface area contributed by atoms with Crippen LogP contribution in [-0.4, -0.2) is 178 Å². The van der Waals surface area contributed by atoms with Crippen LogP contribution in [0, 0.1) is 28.1 Å². The number of nitrogens with zero attached hydrogens (tertiary/aromatic N) is 3. The molecule has 2 aromatic rings. The van der Waals surface area contributed by atoms with Crippen molar-refractivity contribution in [3.8, 4) is 0 Å². The summed E-state index contributed by atoms with van der Waals surface area (Å²) >= 11 is 7.35. The average molecular weight is 1270 g/mol. The molecule has 0 fully saturated rings. The molecule has 0 bridgehead atoms. The van der Waals surface area contributed by atoms with Gasteiger partial charge in [0.15, 0.2) is 0 Å². The summed E-state index contributed by atoms with van der Waals surface area (Å²) in [7, 11) is 2.78. The third kappa shape index (κ3) is 13.0. The van der Waals surface area contributed by atoms with Crippen molar-refractivity contribution < 1.29 is 64.5 Å². The van der Waals surface area contributed by atoms with E-state index >= 15 is 0 Å². The van der Waals surface area contributed by atoms with Gasteiger partial charge in [-0.1, -0.05) is 0 Å². The van der Waals surface area contributed by atoms with Gasteiger partial charge in [-0.2, -0.15) is 0 Å². The van der Waals surface area contributed by atoms with Gasteiger partial charge < -0.3 is 66.4 Å². The molecule has 23 heteroatoms. The van der Waals surface area contributed by atoms with Gasteiger partial charge >= 0.3 is 0 Å². The average Bonchev–Trinajstić information content (AvgIpc) is 3.18. The third-order valence-electron chi connectivity index (χ3n) is 8.57. The lowest BCUT2D eigenvalue weighted by molar-refractivity contribution is -0.119. The molecular formula is C35H46I4N6O13. The van der Waals surface area contributed by atoms with Crippen LogP contribution in [0.3, 0.4) is 0 Å². The Bertz CT molecular complexity index is 1890. The molecule has 0 aromatic heterocycles. The van der Waals surface area contributed by atoms with Gasteiger partial charge in [0.2, 0.25) is 11.8 Å². The van der Waals surface area contributed by atoms with E-state index in [1.54, 1.807) is 13.8 Å². The molecule has 2 aromatic carbocycles. The molecule has 10 N–H and O–H groups in total. The monoisotopic (exact) mass is 1270 g/mol. The first kappa shape index (κ1) is 52.0. The zero-order valence-corrected chi connectivity index (χ0v) is 40.5. The van der Waals surface area contributed by atoms with E-state index in [1.807, 2.05) is 90.4 Å². The maximum Gasteiger partial charge on any atom is 0.255 e. The number of carbonyl (C=O) groups is 6. The van der Waals surface area contributed by atoms with Crippen molar-refractivity contribution in [3.05, 3.63) is 47.7 Å². The molecule has 0 spiro atoms. The van der Waals surface area contributed by atoms with Crippen molar-refractivity contribution >= 4 is 137 Å². The first-order valence-electron chi connectivity index (χ1n) is 17.4. The predicted octanol–water partition coefficient (Wildman–Crippen LogP) is -0.312. The van der Waals surface area contributed by atoms with E-state index < -0.39 is 80.7 Å². The highest BCUT2D eigenvalue weighted by atomic mass is 127. The minimum atomic E-state index is -1.25. The highest BCUT2D eigenvalue weighted by Crippen LogP contribution is 2.37. The maximum absolute atomic E-state index is 14.3. The van der Waals surface area contributed by atoms with Crippen LogP contribution in [0.25, 0.3) is 0 Å². The number of aliphatic hydroxyl groups is 7. The lowest BCUT2D eigenvalue weighted by atomic mass is 10.00. The molecule has 2 unspecified atom stereocenters. The van der Waals surface area contributed by atoms with Crippen LogP contribution in [0.4, 0.5) is 11.4 Å². The Morgan fingerprint density at radius 1 is 0.603 bits per heavy atom. The quantitative estimate of drug-likeness (QED) is 0.0603. The Labute approximate surface area is 388 Å².